The minimum atomic E-state index is -1.13. The molecule has 1 heterocycles. The van der Waals surface area contributed by atoms with Crippen molar-refractivity contribution in [3.8, 4) is 0 Å². The van der Waals surface area contributed by atoms with Crippen molar-refractivity contribution in [2.45, 2.75) is 19.9 Å². The number of nitrogens with zero attached hydrogens (tertiary/aromatic N) is 1. The van der Waals surface area contributed by atoms with Crippen LogP contribution in [0.25, 0.3) is 10.8 Å². The van der Waals surface area contributed by atoms with Gasteiger partial charge < -0.3 is 15.2 Å². The van der Waals surface area contributed by atoms with Gasteiger partial charge in [0.05, 0.1) is 16.5 Å². The van der Waals surface area contributed by atoms with Crippen LogP contribution < -0.4 is 10.9 Å². The van der Waals surface area contributed by atoms with Crippen molar-refractivity contribution in [3.05, 3.63) is 74.9 Å². The molecule has 0 aliphatic carbocycles. The molecule has 29 heavy (non-hydrogen) atoms. The van der Waals surface area contributed by atoms with Crippen LogP contribution in [0.5, 0.6) is 0 Å². The van der Waals surface area contributed by atoms with Crippen LogP contribution in [-0.2, 0) is 0 Å². The van der Waals surface area contributed by atoms with E-state index >= 15 is 0 Å². The van der Waals surface area contributed by atoms with Crippen LogP contribution >= 0.6 is 11.6 Å². The lowest BCUT2D eigenvalue weighted by Crippen LogP contribution is -2.37. The van der Waals surface area contributed by atoms with E-state index in [0.29, 0.717) is 11.3 Å². The number of hydrogen-bond donors (Lipinski definition) is 2. The van der Waals surface area contributed by atoms with E-state index in [-0.39, 0.29) is 22.3 Å². The number of halogens is 4. The molecule has 2 amide bonds. The summed E-state index contributed by atoms with van der Waals surface area (Å²) in [6, 6.07) is 4.44. The molecule has 1 atom stereocenters. The number of aromatic amines is 1. The van der Waals surface area contributed by atoms with E-state index in [1.165, 1.54) is 23.2 Å². The Bertz CT molecular complexity index is 1150. The molecule has 1 aromatic heterocycles. The second-order valence-electron chi connectivity index (χ2n) is 6.41. The van der Waals surface area contributed by atoms with Gasteiger partial charge in [0.15, 0.2) is 11.6 Å². The second-order valence-corrected chi connectivity index (χ2v) is 6.81. The summed E-state index contributed by atoms with van der Waals surface area (Å²) >= 11 is 5.74. The van der Waals surface area contributed by atoms with Gasteiger partial charge in [-0.15, -0.1) is 0 Å². The Morgan fingerprint density at radius 2 is 1.79 bits per heavy atom. The Morgan fingerprint density at radius 1 is 1.14 bits per heavy atom. The number of amides is 2. The summed E-state index contributed by atoms with van der Waals surface area (Å²) in [4.78, 5) is 28.7. The van der Waals surface area contributed by atoms with Crippen LogP contribution in [0.3, 0.4) is 0 Å². The Kier molecular flexibility index (Phi) is 5.83. The predicted octanol–water partition coefficient (Wildman–Crippen LogP) is 5.21. The molecule has 0 aliphatic rings. The monoisotopic (exact) mass is 423 g/mol. The molecule has 2 aromatic carbocycles. The highest BCUT2D eigenvalue weighted by Gasteiger charge is 2.23. The molecular formula is C20H17ClF3N3O2. The van der Waals surface area contributed by atoms with E-state index in [9.17, 15) is 22.8 Å². The maximum atomic E-state index is 13.8. The van der Waals surface area contributed by atoms with Crippen molar-refractivity contribution in [1.29, 1.82) is 0 Å². The zero-order valence-electron chi connectivity index (χ0n) is 15.5. The molecule has 3 rings (SSSR count). The summed E-state index contributed by atoms with van der Waals surface area (Å²) in [7, 11) is 0. The van der Waals surface area contributed by atoms with Crippen molar-refractivity contribution in [2.75, 3.05) is 11.9 Å². The zero-order valence-corrected chi connectivity index (χ0v) is 16.3. The van der Waals surface area contributed by atoms with Gasteiger partial charge in [-0.1, -0.05) is 11.6 Å². The van der Waals surface area contributed by atoms with Crippen molar-refractivity contribution in [2.24, 2.45) is 0 Å². The van der Waals surface area contributed by atoms with Gasteiger partial charge >= 0.3 is 6.03 Å². The first-order valence-corrected chi connectivity index (χ1v) is 9.13. The van der Waals surface area contributed by atoms with Crippen LogP contribution in [0.15, 0.2) is 41.3 Å². The molecule has 0 spiro atoms. The van der Waals surface area contributed by atoms with Gasteiger partial charge in [0.1, 0.15) is 5.82 Å². The van der Waals surface area contributed by atoms with Gasteiger partial charge in [-0.2, -0.15) is 0 Å². The standard InChI is InChI=1S/C20H17ClF3N3O2/c1-3-27(20(29)26-11-4-5-16(22)15(21)6-11)10(2)14-9-25-19(28)13-8-18(24)17(23)7-12(13)14/h4-10H,3H2,1-2H3,(H,25,28)(H,26,29)/t10-/m1/s1. The Hall–Kier alpha value is -3.00. The number of urea groups is 1. The predicted molar refractivity (Wildman–Crippen MR) is 106 cm³/mol. The fourth-order valence-electron chi connectivity index (χ4n) is 3.15. The van der Waals surface area contributed by atoms with Gasteiger partial charge in [0, 0.05) is 18.4 Å². The van der Waals surface area contributed by atoms with Gasteiger partial charge in [-0.05, 0) is 55.1 Å². The Labute approximate surface area is 169 Å². The number of hydrogen-bond acceptors (Lipinski definition) is 2. The summed E-state index contributed by atoms with van der Waals surface area (Å²) in [5.41, 5.74) is 0.169. The molecule has 0 saturated carbocycles. The molecule has 0 saturated heterocycles. The number of rotatable bonds is 4. The van der Waals surface area contributed by atoms with E-state index in [0.717, 1.165) is 18.2 Å². The second kappa shape index (κ2) is 8.16. The molecule has 0 fully saturated rings. The number of fused-ring (bicyclic) bond motifs is 1. The molecule has 0 bridgehead atoms. The van der Waals surface area contributed by atoms with Gasteiger partial charge in [-0.25, -0.2) is 18.0 Å². The van der Waals surface area contributed by atoms with Crippen LogP contribution in [-0.4, -0.2) is 22.5 Å². The molecule has 9 heteroatoms. The molecule has 0 radical (unpaired) electrons. The fourth-order valence-corrected chi connectivity index (χ4v) is 3.33. The average molecular weight is 424 g/mol. The van der Waals surface area contributed by atoms with Crippen LogP contribution in [0, 0.1) is 17.5 Å². The van der Waals surface area contributed by atoms with E-state index in [1.807, 2.05) is 0 Å². The lowest BCUT2D eigenvalue weighted by molar-refractivity contribution is 0.197. The number of carbonyl (C=O) groups is 1. The maximum Gasteiger partial charge on any atom is 0.322 e. The molecule has 0 unspecified atom stereocenters. The summed E-state index contributed by atoms with van der Waals surface area (Å²) in [6.07, 6.45) is 1.37. The minimum absolute atomic E-state index is 0.0185. The first kappa shape index (κ1) is 20.7. The van der Waals surface area contributed by atoms with Gasteiger partial charge in [-0.3, -0.25) is 4.79 Å². The summed E-state index contributed by atoms with van der Waals surface area (Å²) in [6.45, 7) is 3.70. The van der Waals surface area contributed by atoms with Crippen molar-refractivity contribution in [3.63, 3.8) is 0 Å². The quantitative estimate of drug-likeness (QED) is 0.604. The molecule has 0 aliphatic heterocycles. The third-order valence-electron chi connectivity index (χ3n) is 4.66. The van der Waals surface area contributed by atoms with Crippen LogP contribution in [0.1, 0.15) is 25.5 Å². The van der Waals surface area contributed by atoms with Crippen LogP contribution in [0.4, 0.5) is 23.7 Å². The first-order chi connectivity index (χ1) is 13.7. The highest BCUT2D eigenvalue weighted by Crippen LogP contribution is 2.28. The fraction of sp³-hybridized carbons (Fsp3) is 0.200. The number of pyridine rings is 1. The topological polar surface area (TPSA) is 65.2 Å². The first-order valence-electron chi connectivity index (χ1n) is 8.76. The smallest absolute Gasteiger partial charge is 0.322 e. The van der Waals surface area contributed by atoms with E-state index in [4.69, 9.17) is 11.6 Å². The van der Waals surface area contributed by atoms with E-state index < -0.39 is 35.1 Å². The number of nitrogens with one attached hydrogen (secondary N) is 2. The normalized spacial score (nSPS) is 12.1. The highest BCUT2D eigenvalue weighted by molar-refractivity contribution is 6.31. The SMILES string of the molecule is CCN(C(=O)Nc1ccc(F)c(Cl)c1)[C@H](C)c1c[nH]c(=O)c2cc(F)c(F)cc12. The maximum absolute atomic E-state index is 13.8. The minimum Gasteiger partial charge on any atom is -0.328 e. The largest absolute Gasteiger partial charge is 0.328 e. The number of carbonyl (C=O) groups excluding carboxylic acids is 1. The van der Waals surface area contributed by atoms with E-state index in [1.54, 1.807) is 13.8 Å². The summed E-state index contributed by atoms with van der Waals surface area (Å²) in [5, 5.41) is 2.67. The molecular weight excluding hydrogens is 407 g/mol. The lowest BCUT2D eigenvalue weighted by Gasteiger charge is -2.29. The summed E-state index contributed by atoms with van der Waals surface area (Å²) < 4.78 is 40.7. The molecule has 2 N–H and O–H groups in total. The van der Waals surface area contributed by atoms with Gasteiger partial charge in [0.25, 0.3) is 5.56 Å². The number of anilines is 1. The number of benzene rings is 2. The third kappa shape index (κ3) is 4.07. The molecule has 5 nitrogen and oxygen atoms in total. The summed E-state index contributed by atoms with van der Waals surface area (Å²) in [5.74, 6) is -2.84. The third-order valence-corrected chi connectivity index (χ3v) is 4.95. The van der Waals surface area contributed by atoms with E-state index in [2.05, 4.69) is 10.3 Å². The van der Waals surface area contributed by atoms with Crippen molar-refractivity contribution >= 4 is 34.1 Å². The van der Waals surface area contributed by atoms with Crippen LogP contribution in [0.2, 0.25) is 5.02 Å². The molecule has 152 valence electrons. The van der Waals surface area contributed by atoms with Crippen molar-refractivity contribution < 1.29 is 18.0 Å². The zero-order chi connectivity index (χ0) is 21.3. The average Bonchev–Trinajstić information content (AvgIpc) is 2.67. The Balaban J connectivity index is 1.96. The Morgan fingerprint density at radius 3 is 2.41 bits per heavy atom. The number of aromatic nitrogens is 1. The van der Waals surface area contributed by atoms with Crippen molar-refractivity contribution in [1.82, 2.24) is 9.88 Å². The lowest BCUT2D eigenvalue weighted by atomic mass is 10.0. The molecule has 3 aromatic rings. The van der Waals surface area contributed by atoms with Gasteiger partial charge in [0.2, 0.25) is 0 Å². The highest BCUT2D eigenvalue weighted by atomic mass is 35.5. The number of H-pyrrole nitrogens is 1.